The molecule has 0 saturated carbocycles. The number of thiophene rings is 1. The summed E-state index contributed by atoms with van der Waals surface area (Å²) in [4.78, 5) is 25.9. The van der Waals surface area contributed by atoms with Gasteiger partial charge < -0.3 is 11.1 Å². The lowest BCUT2D eigenvalue weighted by atomic mass is 9.95. The summed E-state index contributed by atoms with van der Waals surface area (Å²) in [6, 6.07) is 8.28. The van der Waals surface area contributed by atoms with Crippen LogP contribution in [-0.4, -0.2) is 32.2 Å². The number of thioether (sulfide) groups is 1. The van der Waals surface area contributed by atoms with Crippen LogP contribution in [0.3, 0.4) is 0 Å². The van der Waals surface area contributed by atoms with Crippen molar-refractivity contribution in [1.82, 2.24) is 14.6 Å². The van der Waals surface area contributed by atoms with Gasteiger partial charge >= 0.3 is 0 Å². The van der Waals surface area contributed by atoms with Crippen LogP contribution >= 0.6 is 23.1 Å². The number of benzene rings is 1. The average molecular weight is 480 g/mol. The van der Waals surface area contributed by atoms with Gasteiger partial charge in [-0.15, -0.1) is 21.5 Å². The fraction of sp³-hybridized carbons (Fsp3) is 0.333. The molecule has 7 nitrogen and oxygen atoms in total. The van der Waals surface area contributed by atoms with Crippen molar-refractivity contribution < 1.29 is 9.59 Å². The van der Waals surface area contributed by atoms with Crippen LogP contribution in [0.4, 0.5) is 5.00 Å². The number of nitrogens with zero attached hydrogens (tertiary/aromatic N) is 3. The molecule has 4 aromatic rings. The highest BCUT2D eigenvalue weighted by Gasteiger charge is 2.25. The lowest BCUT2D eigenvalue weighted by Gasteiger charge is -2.11. The first-order chi connectivity index (χ1) is 15.9. The Bertz CT molecular complexity index is 1410. The molecule has 1 aromatic carbocycles. The van der Waals surface area contributed by atoms with Gasteiger partial charge in [0.05, 0.1) is 11.1 Å². The number of amides is 2. The van der Waals surface area contributed by atoms with Gasteiger partial charge in [-0.25, -0.2) is 0 Å². The highest BCUT2D eigenvalue weighted by Crippen LogP contribution is 2.38. The fourth-order valence-corrected chi connectivity index (χ4v) is 6.76. The standard InChI is InChI=1S/C24H25N5O2S2/c1-13-6-5-8-15-14(2)12-18-27-28-24(29(18)21(13)15)32-11-10-19(30)26-23-20(22(25)31)16-7-3-4-9-17(16)33-23/h5-6,8,12H,3-4,7,9-11H2,1-2H3,(H2,25,31)(H,26,30). The maximum atomic E-state index is 12.7. The van der Waals surface area contributed by atoms with Crippen molar-refractivity contribution in [2.24, 2.45) is 5.73 Å². The van der Waals surface area contributed by atoms with E-state index in [4.69, 9.17) is 5.73 Å². The number of hydrogen-bond acceptors (Lipinski definition) is 6. The SMILES string of the molecule is Cc1cc2nnc(SCCC(=O)Nc3sc4c(c3C(N)=O)CCCC4)n2c2c(C)cccc12. The molecule has 3 N–H and O–H groups in total. The number of carbonyl (C=O) groups is 2. The first-order valence-corrected chi connectivity index (χ1v) is 12.9. The Balaban J connectivity index is 1.32. The zero-order valence-electron chi connectivity index (χ0n) is 18.6. The van der Waals surface area contributed by atoms with Gasteiger partial charge in [0, 0.05) is 22.4 Å². The zero-order valence-corrected chi connectivity index (χ0v) is 20.2. The molecular weight excluding hydrogens is 454 g/mol. The average Bonchev–Trinajstić information content (AvgIpc) is 3.34. The third-order valence-corrected chi connectivity index (χ3v) is 8.26. The van der Waals surface area contributed by atoms with Crippen LogP contribution < -0.4 is 11.1 Å². The molecule has 3 heterocycles. The van der Waals surface area contributed by atoms with Crippen molar-refractivity contribution in [1.29, 1.82) is 0 Å². The van der Waals surface area contributed by atoms with Gasteiger partial charge in [0.1, 0.15) is 5.00 Å². The number of nitrogens with one attached hydrogen (secondary N) is 1. The molecule has 0 radical (unpaired) electrons. The number of hydrogen-bond donors (Lipinski definition) is 2. The second-order valence-electron chi connectivity index (χ2n) is 8.40. The topological polar surface area (TPSA) is 102 Å². The fourth-order valence-electron chi connectivity index (χ4n) is 4.56. The van der Waals surface area contributed by atoms with Crippen molar-refractivity contribution >= 4 is 56.5 Å². The predicted molar refractivity (Wildman–Crippen MR) is 133 cm³/mol. The number of aryl methyl sites for hydroxylation is 3. The quantitative estimate of drug-likeness (QED) is 0.392. The first kappa shape index (κ1) is 21.9. The van der Waals surface area contributed by atoms with Crippen LogP contribution in [0.1, 0.15) is 51.2 Å². The molecule has 33 heavy (non-hydrogen) atoms. The summed E-state index contributed by atoms with van der Waals surface area (Å²) in [6.45, 7) is 4.16. The first-order valence-electron chi connectivity index (χ1n) is 11.0. The number of primary amides is 1. The minimum absolute atomic E-state index is 0.130. The molecule has 1 aliphatic rings. The zero-order chi connectivity index (χ0) is 23.1. The number of para-hydroxylation sites is 1. The summed E-state index contributed by atoms with van der Waals surface area (Å²) >= 11 is 2.99. The van der Waals surface area contributed by atoms with Gasteiger partial charge in [-0.05, 0) is 62.3 Å². The van der Waals surface area contributed by atoms with Crippen LogP contribution in [0.5, 0.6) is 0 Å². The second-order valence-corrected chi connectivity index (χ2v) is 10.6. The normalized spacial score (nSPS) is 13.4. The summed E-state index contributed by atoms with van der Waals surface area (Å²) < 4.78 is 2.07. The maximum Gasteiger partial charge on any atom is 0.251 e. The van der Waals surface area contributed by atoms with Gasteiger partial charge in [-0.2, -0.15) is 0 Å². The maximum absolute atomic E-state index is 12.7. The van der Waals surface area contributed by atoms with Crippen LogP contribution in [0.25, 0.3) is 16.6 Å². The third-order valence-electron chi connectivity index (χ3n) is 6.12. The molecular formula is C24H25N5O2S2. The lowest BCUT2D eigenvalue weighted by Crippen LogP contribution is -2.18. The van der Waals surface area contributed by atoms with E-state index in [1.54, 1.807) is 0 Å². The number of rotatable bonds is 6. The van der Waals surface area contributed by atoms with E-state index >= 15 is 0 Å². The molecule has 3 aromatic heterocycles. The molecule has 0 unspecified atom stereocenters. The number of nitrogens with two attached hydrogens (primary N) is 1. The molecule has 0 saturated heterocycles. The number of pyridine rings is 1. The molecule has 5 rings (SSSR count). The van der Waals surface area contributed by atoms with Crippen molar-refractivity contribution in [3.63, 3.8) is 0 Å². The summed E-state index contributed by atoms with van der Waals surface area (Å²) in [5.74, 6) is -0.0499. The molecule has 0 bridgehead atoms. The summed E-state index contributed by atoms with van der Waals surface area (Å²) in [5.41, 5.74) is 11.4. The minimum atomic E-state index is -0.466. The van der Waals surface area contributed by atoms with Crippen molar-refractivity contribution in [2.45, 2.75) is 51.1 Å². The van der Waals surface area contributed by atoms with Crippen molar-refractivity contribution in [2.75, 3.05) is 11.1 Å². The van der Waals surface area contributed by atoms with Crippen LogP contribution in [-0.2, 0) is 17.6 Å². The van der Waals surface area contributed by atoms with E-state index in [1.807, 2.05) is 6.07 Å². The lowest BCUT2D eigenvalue weighted by molar-refractivity contribution is -0.115. The van der Waals surface area contributed by atoms with Gasteiger partial charge in [0.15, 0.2) is 10.8 Å². The van der Waals surface area contributed by atoms with Gasteiger partial charge in [-0.1, -0.05) is 30.0 Å². The summed E-state index contributed by atoms with van der Waals surface area (Å²) in [6.07, 6.45) is 4.24. The Hall–Kier alpha value is -2.91. The molecule has 2 amide bonds. The van der Waals surface area contributed by atoms with E-state index in [-0.39, 0.29) is 5.91 Å². The minimum Gasteiger partial charge on any atom is -0.365 e. The van der Waals surface area contributed by atoms with Crippen molar-refractivity contribution in [3.8, 4) is 0 Å². The van der Waals surface area contributed by atoms with E-state index in [1.165, 1.54) is 33.4 Å². The van der Waals surface area contributed by atoms with Crippen LogP contribution in [0.15, 0.2) is 29.4 Å². The molecule has 9 heteroatoms. The smallest absolute Gasteiger partial charge is 0.251 e. The Labute approximate surface area is 199 Å². The van der Waals surface area contributed by atoms with E-state index < -0.39 is 5.91 Å². The predicted octanol–water partition coefficient (Wildman–Crippen LogP) is 4.66. The highest BCUT2D eigenvalue weighted by molar-refractivity contribution is 7.99. The van der Waals surface area contributed by atoms with Crippen LogP contribution in [0, 0.1) is 13.8 Å². The Morgan fingerprint density at radius 3 is 2.82 bits per heavy atom. The van der Waals surface area contributed by atoms with Crippen LogP contribution in [0.2, 0.25) is 0 Å². The molecule has 0 aliphatic heterocycles. The molecule has 170 valence electrons. The van der Waals surface area contributed by atoms with Gasteiger partial charge in [0.2, 0.25) is 5.91 Å². The monoisotopic (exact) mass is 479 g/mol. The highest BCUT2D eigenvalue weighted by atomic mass is 32.2. The largest absolute Gasteiger partial charge is 0.365 e. The van der Waals surface area contributed by atoms with E-state index in [0.717, 1.165) is 58.7 Å². The Kier molecular flexibility index (Phi) is 5.84. The number of anilines is 1. The number of aromatic nitrogens is 3. The van der Waals surface area contributed by atoms with E-state index in [2.05, 4.69) is 52.0 Å². The molecule has 0 fully saturated rings. The van der Waals surface area contributed by atoms with E-state index in [9.17, 15) is 9.59 Å². The Morgan fingerprint density at radius 1 is 1.18 bits per heavy atom. The molecule has 0 spiro atoms. The molecule has 0 atom stereocenters. The number of carbonyl (C=O) groups excluding carboxylic acids is 2. The van der Waals surface area contributed by atoms with Gasteiger partial charge in [-0.3, -0.25) is 14.0 Å². The van der Waals surface area contributed by atoms with E-state index in [0.29, 0.717) is 22.7 Å². The molecule has 1 aliphatic carbocycles. The van der Waals surface area contributed by atoms with Crippen molar-refractivity contribution in [3.05, 3.63) is 51.4 Å². The third kappa shape index (κ3) is 4.00. The second kappa shape index (κ2) is 8.79. The summed E-state index contributed by atoms with van der Waals surface area (Å²) in [5, 5.41) is 14.2. The van der Waals surface area contributed by atoms with Gasteiger partial charge in [0.25, 0.3) is 5.91 Å². The Morgan fingerprint density at radius 2 is 2.00 bits per heavy atom. The summed E-state index contributed by atoms with van der Waals surface area (Å²) in [7, 11) is 0. The number of fused-ring (bicyclic) bond motifs is 4.